The van der Waals surface area contributed by atoms with Gasteiger partial charge in [-0.1, -0.05) is 12.1 Å². The van der Waals surface area contributed by atoms with E-state index in [1.54, 1.807) is 18.2 Å². The third-order valence-corrected chi connectivity index (χ3v) is 4.83. The average molecular weight is 351 g/mol. The van der Waals surface area contributed by atoms with E-state index in [-0.39, 0.29) is 18.1 Å². The molecule has 0 aliphatic heterocycles. The zero-order valence-electron chi connectivity index (χ0n) is 14.4. The lowest BCUT2D eigenvalue weighted by molar-refractivity contribution is 0.153. The molecule has 24 heavy (non-hydrogen) atoms. The summed E-state index contributed by atoms with van der Waals surface area (Å²) in [4.78, 5) is 1.87. The van der Waals surface area contributed by atoms with Gasteiger partial charge in [0.05, 0.1) is 6.61 Å². The standard InChI is InChI=1S/C17H25N3O3S/c1-4-20(5-2)16-9-7-15(8-10-16)13-17(14-18)24(21,22)19-11-12-23-6-3/h7-10,13,19H,4-6,11-12H2,1-3H3/b17-13+. The van der Waals surface area contributed by atoms with Gasteiger partial charge < -0.3 is 9.64 Å². The predicted octanol–water partition coefficient (Wildman–Crippen LogP) is 2.35. The molecule has 132 valence electrons. The number of ether oxygens (including phenoxy) is 1. The lowest BCUT2D eigenvalue weighted by Crippen LogP contribution is -2.28. The van der Waals surface area contributed by atoms with E-state index in [1.165, 1.54) is 6.08 Å². The van der Waals surface area contributed by atoms with Crippen molar-refractivity contribution in [3.05, 3.63) is 34.7 Å². The number of allylic oxidation sites excluding steroid dienone is 1. The summed E-state index contributed by atoms with van der Waals surface area (Å²) in [5, 5.41) is 9.17. The van der Waals surface area contributed by atoms with Gasteiger partial charge in [0.15, 0.2) is 4.91 Å². The van der Waals surface area contributed by atoms with Crippen molar-refractivity contribution in [2.45, 2.75) is 20.8 Å². The molecule has 0 heterocycles. The molecule has 1 aromatic carbocycles. The quantitative estimate of drug-likeness (QED) is 0.517. The van der Waals surface area contributed by atoms with Crippen molar-refractivity contribution in [1.29, 1.82) is 5.26 Å². The molecule has 0 fully saturated rings. The zero-order chi connectivity index (χ0) is 18.0. The molecule has 0 atom stereocenters. The molecule has 0 aliphatic rings. The van der Waals surface area contributed by atoms with Crippen molar-refractivity contribution < 1.29 is 13.2 Å². The molecule has 1 rings (SSSR count). The van der Waals surface area contributed by atoms with Gasteiger partial charge in [0.25, 0.3) is 10.0 Å². The van der Waals surface area contributed by atoms with Crippen LogP contribution >= 0.6 is 0 Å². The molecular weight excluding hydrogens is 326 g/mol. The molecule has 7 heteroatoms. The van der Waals surface area contributed by atoms with E-state index in [2.05, 4.69) is 23.5 Å². The van der Waals surface area contributed by atoms with Gasteiger partial charge in [0.1, 0.15) is 6.07 Å². The second kappa shape index (κ2) is 10.1. The Balaban J connectivity index is 2.90. The lowest BCUT2D eigenvalue weighted by atomic mass is 10.2. The first-order valence-electron chi connectivity index (χ1n) is 8.02. The average Bonchev–Trinajstić information content (AvgIpc) is 2.58. The summed E-state index contributed by atoms with van der Waals surface area (Å²) in [7, 11) is -3.83. The van der Waals surface area contributed by atoms with Crippen molar-refractivity contribution in [2.24, 2.45) is 0 Å². The normalized spacial score (nSPS) is 12.0. The van der Waals surface area contributed by atoms with Crippen LogP contribution in [0.1, 0.15) is 26.3 Å². The Morgan fingerprint density at radius 1 is 1.25 bits per heavy atom. The van der Waals surface area contributed by atoms with Gasteiger partial charge in [0, 0.05) is 31.9 Å². The highest BCUT2D eigenvalue weighted by atomic mass is 32.2. The lowest BCUT2D eigenvalue weighted by Gasteiger charge is -2.20. The molecule has 1 aromatic rings. The van der Waals surface area contributed by atoms with Crippen LogP contribution in [0, 0.1) is 11.3 Å². The van der Waals surface area contributed by atoms with E-state index in [0.29, 0.717) is 12.2 Å². The Bertz CT molecular complexity index is 672. The van der Waals surface area contributed by atoms with Crippen LogP contribution in [0.2, 0.25) is 0 Å². The number of nitriles is 1. The Morgan fingerprint density at radius 2 is 1.88 bits per heavy atom. The summed E-state index contributed by atoms with van der Waals surface area (Å²) in [6.07, 6.45) is 1.37. The molecule has 0 aromatic heterocycles. The second-order valence-electron chi connectivity index (χ2n) is 4.98. The number of rotatable bonds is 10. The van der Waals surface area contributed by atoms with Crippen LogP contribution in [0.4, 0.5) is 5.69 Å². The van der Waals surface area contributed by atoms with Gasteiger partial charge in [-0.25, -0.2) is 13.1 Å². The molecule has 1 N–H and O–H groups in total. The monoisotopic (exact) mass is 351 g/mol. The van der Waals surface area contributed by atoms with Gasteiger partial charge in [-0.15, -0.1) is 0 Å². The summed E-state index contributed by atoms with van der Waals surface area (Å²) in [6, 6.07) is 9.20. The fourth-order valence-corrected chi connectivity index (χ4v) is 3.08. The van der Waals surface area contributed by atoms with Crippen LogP contribution in [0.25, 0.3) is 6.08 Å². The smallest absolute Gasteiger partial charge is 0.250 e. The molecule has 0 radical (unpaired) electrons. The predicted molar refractivity (Wildman–Crippen MR) is 97.0 cm³/mol. The summed E-state index contributed by atoms with van der Waals surface area (Å²) in [5.74, 6) is 0. The van der Waals surface area contributed by atoms with E-state index in [0.717, 1.165) is 18.8 Å². The number of sulfonamides is 1. The highest BCUT2D eigenvalue weighted by Crippen LogP contribution is 2.17. The maximum Gasteiger partial charge on any atom is 0.250 e. The molecule has 0 amide bonds. The van der Waals surface area contributed by atoms with E-state index < -0.39 is 10.0 Å². The first-order valence-corrected chi connectivity index (χ1v) is 9.51. The van der Waals surface area contributed by atoms with Gasteiger partial charge in [-0.3, -0.25) is 0 Å². The third kappa shape index (κ3) is 5.96. The van der Waals surface area contributed by atoms with Gasteiger partial charge >= 0.3 is 0 Å². The van der Waals surface area contributed by atoms with E-state index >= 15 is 0 Å². The summed E-state index contributed by atoms with van der Waals surface area (Å²) >= 11 is 0. The minimum Gasteiger partial charge on any atom is -0.380 e. The minimum absolute atomic E-state index is 0.135. The molecule has 0 saturated carbocycles. The van der Waals surface area contributed by atoms with Crippen molar-refractivity contribution in [3.8, 4) is 6.07 Å². The largest absolute Gasteiger partial charge is 0.380 e. The van der Waals surface area contributed by atoms with Crippen molar-refractivity contribution >= 4 is 21.8 Å². The van der Waals surface area contributed by atoms with E-state index in [9.17, 15) is 8.42 Å². The van der Waals surface area contributed by atoms with Crippen LogP contribution in [0.15, 0.2) is 29.2 Å². The first kappa shape index (κ1) is 20.2. The van der Waals surface area contributed by atoms with Crippen LogP contribution in [-0.4, -0.2) is 41.3 Å². The van der Waals surface area contributed by atoms with Crippen LogP contribution in [0.3, 0.4) is 0 Å². The summed E-state index contributed by atoms with van der Waals surface area (Å²) in [5.41, 5.74) is 1.73. The number of nitrogens with one attached hydrogen (secondary N) is 1. The Labute approximate surface area is 144 Å². The number of benzene rings is 1. The van der Waals surface area contributed by atoms with Gasteiger partial charge in [-0.2, -0.15) is 5.26 Å². The molecule has 0 saturated heterocycles. The highest BCUT2D eigenvalue weighted by molar-refractivity contribution is 7.93. The SMILES string of the molecule is CCOCCNS(=O)(=O)/C(C#N)=C/c1ccc(N(CC)CC)cc1. The molecule has 6 nitrogen and oxygen atoms in total. The highest BCUT2D eigenvalue weighted by Gasteiger charge is 2.16. The topological polar surface area (TPSA) is 82.4 Å². The van der Waals surface area contributed by atoms with Crippen molar-refractivity contribution in [3.63, 3.8) is 0 Å². The van der Waals surface area contributed by atoms with E-state index in [4.69, 9.17) is 10.00 Å². The maximum atomic E-state index is 12.1. The Morgan fingerprint density at radius 3 is 2.38 bits per heavy atom. The molecule has 0 spiro atoms. The van der Waals surface area contributed by atoms with E-state index in [1.807, 2.05) is 19.1 Å². The Kier molecular flexibility index (Phi) is 8.47. The number of nitrogens with zero attached hydrogens (tertiary/aromatic N) is 2. The van der Waals surface area contributed by atoms with Crippen LogP contribution < -0.4 is 9.62 Å². The third-order valence-electron chi connectivity index (χ3n) is 3.46. The maximum absolute atomic E-state index is 12.1. The molecule has 0 aliphatic carbocycles. The fourth-order valence-electron chi connectivity index (χ4n) is 2.16. The molecule has 0 bridgehead atoms. The fraction of sp³-hybridized carbons (Fsp3) is 0.471. The number of hydrogen-bond donors (Lipinski definition) is 1. The van der Waals surface area contributed by atoms with Crippen LogP contribution in [-0.2, 0) is 14.8 Å². The van der Waals surface area contributed by atoms with Crippen molar-refractivity contribution in [1.82, 2.24) is 4.72 Å². The van der Waals surface area contributed by atoms with Gasteiger partial charge in [-0.05, 0) is 44.5 Å². The van der Waals surface area contributed by atoms with Crippen molar-refractivity contribution in [2.75, 3.05) is 37.7 Å². The second-order valence-corrected chi connectivity index (χ2v) is 6.71. The van der Waals surface area contributed by atoms with Crippen LogP contribution in [0.5, 0.6) is 0 Å². The minimum atomic E-state index is -3.83. The molecule has 0 unspecified atom stereocenters. The zero-order valence-corrected chi connectivity index (χ0v) is 15.3. The first-order chi connectivity index (χ1) is 11.5. The number of anilines is 1. The molecular formula is C17H25N3O3S. The van der Waals surface area contributed by atoms with Gasteiger partial charge in [0.2, 0.25) is 0 Å². The number of hydrogen-bond acceptors (Lipinski definition) is 5. The summed E-state index contributed by atoms with van der Waals surface area (Å²) in [6.45, 7) is 8.69. The summed E-state index contributed by atoms with van der Waals surface area (Å²) < 4.78 is 31.7. The Hall–Kier alpha value is -1.88.